The maximum atomic E-state index is 5.92. The van der Waals surface area contributed by atoms with E-state index in [1.54, 1.807) is 17.5 Å². The lowest BCUT2D eigenvalue weighted by atomic mass is 10.1. The van der Waals surface area contributed by atoms with E-state index in [0.29, 0.717) is 0 Å². The second kappa shape index (κ2) is 5.11. The van der Waals surface area contributed by atoms with Gasteiger partial charge in [0.15, 0.2) is 0 Å². The van der Waals surface area contributed by atoms with E-state index in [1.807, 2.05) is 40.7 Å². The molecule has 0 aliphatic carbocycles. The summed E-state index contributed by atoms with van der Waals surface area (Å²) in [5.74, 6) is 0. The molecule has 0 aliphatic heterocycles. The molecule has 3 aromatic rings. The van der Waals surface area contributed by atoms with E-state index in [9.17, 15) is 0 Å². The number of rotatable bonds is 3. The Bertz CT molecular complexity index is 677. The molecule has 4 nitrogen and oxygen atoms in total. The number of hydrogen-bond acceptors (Lipinski definition) is 4. The normalized spacial score (nSPS) is 12.5. The van der Waals surface area contributed by atoms with Crippen LogP contribution >= 0.6 is 22.9 Å². The molecule has 0 radical (unpaired) electrons. The van der Waals surface area contributed by atoms with Crippen LogP contribution in [0.3, 0.4) is 0 Å². The van der Waals surface area contributed by atoms with Crippen molar-refractivity contribution >= 4 is 22.9 Å². The zero-order valence-electron chi connectivity index (χ0n) is 10.2. The molecule has 0 aliphatic rings. The highest BCUT2D eigenvalue weighted by molar-refractivity contribution is 7.14. The monoisotopic (exact) mass is 290 g/mol. The van der Waals surface area contributed by atoms with Gasteiger partial charge in [0, 0.05) is 17.8 Å². The molecule has 0 unspecified atom stereocenters. The van der Waals surface area contributed by atoms with Gasteiger partial charge in [0.05, 0.1) is 22.1 Å². The summed E-state index contributed by atoms with van der Waals surface area (Å²) < 4.78 is 1.83. The number of hydrogen-bond donors (Lipinski definition) is 0. The Hall–Kier alpha value is -1.72. The number of aromatic nitrogens is 4. The van der Waals surface area contributed by atoms with Gasteiger partial charge in [-0.05, 0) is 24.6 Å². The lowest BCUT2D eigenvalue weighted by molar-refractivity contribution is 0.542. The van der Waals surface area contributed by atoms with Crippen LogP contribution in [0.1, 0.15) is 18.5 Å². The molecule has 96 valence electrons. The summed E-state index contributed by atoms with van der Waals surface area (Å²) >= 11 is 7.49. The van der Waals surface area contributed by atoms with Crippen molar-refractivity contribution in [3.8, 4) is 10.6 Å². The van der Waals surface area contributed by atoms with E-state index in [0.717, 1.165) is 21.2 Å². The first-order valence-electron chi connectivity index (χ1n) is 5.80. The van der Waals surface area contributed by atoms with Crippen LogP contribution in [0, 0.1) is 0 Å². The summed E-state index contributed by atoms with van der Waals surface area (Å²) in [4.78, 5) is 5.15. The Kier molecular flexibility index (Phi) is 3.31. The van der Waals surface area contributed by atoms with Crippen molar-refractivity contribution in [2.45, 2.75) is 13.0 Å². The first-order chi connectivity index (χ1) is 9.24. The summed E-state index contributed by atoms with van der Waals surface area (Å²) in [5.41, 5.74) is 1.94. The van der Waals surface area contributed by atoms with Crippen molar-refractivity contribution in [1.29, 1.82) is 0 Å². The van der Waals surface area contributed by atoms with E-state index >= 15 is 0 Å². The highest BCUT2D eigenvalue weighted by Gasteiger charge is 2.12. The maximum Gasteiger partial charge on any atom is 0.123 e. The molecule has 0 bridgehead atoms. The van der Waals surface area contributed by atoms with Crippen LogP contribution in [0.5, 0.6) is 0 Å². The number of nitrogens with zero attached hydrogens (tertiary/aromatic N) is 4. The van der Waals surface area contributed by atoms with Gasteiger partial charge >= 0.3 is 0 Å². The first kappa shape index (κ1) is 12.3. The second-order valence-electron chi connectivity index (χ2n) is 4.18. The summed E-state index contributed by atoms with van der Waals surface area (Å²) in [7, 11) is 0. The minimum absolute atomic E-state index is 0.102. The summed E-state index contributed by atoms with van der Waals surface area (Å²) in [6, 6.07) is 5.95. The Morgan fingerprint density at radius 1 is 1.42 bits per heavy atom. The zero-order valence-corrected chi connectivity index (χ0v) is 11.8. The van der Waals surface area contributed by atoms with Crippen LogP contribution in [0.2, 0.25) is 5.02 Å². The van der Waals surface area contributed by atoms with E-state index < -0.39 is 0 Å². The van der Waals surface area contributed by atoms with Crippen molar-refractivity contribution in [3.05, 3.63) is 52.8 Å². The minimum atomic E-state index is 0.102. The van der Waals surface area contributed by atoms with Crippen molar-refractivity contribution in [2.75, 3.05) is 0 Å². The van der Waals surface area contributed by atoms with Crippen molar-refractivity contribution < 1.29 is 0 Å². The molecule has 0 N–H and O–H groups in total. The van der Waals surface area contributed by atoms with Crippen LogP contribution in [-0.4, -0.2) is 20.0 Å². The van der Waals surface area contributed by atoms with Gasteiger partial charge in [0.2, 0.25) is 0 Å². The molecule has 0 amide bonds. The van der Waals surface area contributed by atoms with Gasteiger partial charge in [-0.15, -0.1) is 16.4 Å². The Balaban J connectivity index is 1.89. The number of halogens is 1. The lowest BCUT2D eigenvalue weighted by Crippen LogP contribution is -2.07. The van der Waals surface area contributed by atoms with Crippen molar-refractivity contribution in [3.63, 3.8) is 0 Å². The van der Waals surface area contributed by atoms with Crippen LogP contribution in [0.4, 0.5) is 0 Å². The lowest BCUT2D eigenvalue weighted by Gasteiger charge is -2.10. The molecule has 3 rings (SSSR count). The Morgan fingerprint density at radius 3 is 3.00 bits per heavy atom. The predicted molar refractivity (Wildman–Crippen MR) is 76.4 cm³/mol. The molecule has 0 fully saturated rings. The fraction of sp³-hybridized carbons (Fsp3) is 0.154. The van der Waals surface area contributed by atoms with Gasteiger partial charge in [0.1, 0.15) is 5.69 Å². The largest absolute Gasteiger partial charge is 0.264 e. The average Bonchev–Trinajstić information content (AvgIpc) is 3.07. The summed E-state index contributed by atoms with van der Waals surface area (Å²) in [6.07, 6.45) is 5.53. The highest BCUT2D eigenvalue weighted by Crippen LogP contribution is 2.28. The molecule has 0 spiro atoms. The third-order valence-electron chi connectivity index (χ3n) is 2.89. The van der Waals surface area contributed by atoms with Crippen LogP contribution < -0.4 is 0 Å². The molecular formula is C13H11ClN4S. The van der Waals surface area contributed by atoms with Crippen LogP contribution in [0.15, 0.2) is 42.2 Å². The van der Waals surface area contributed by atoms with E-state index in [-0.39, 0.29) is 6.04 Å². The number of pyridine rings is 1. The first-order valence-corrected chi connectivity index (χ1v) is 7.06. The van der Waals surface area contributed by atoms with E-state index in [2.05, 4.69) is 22.2 Å². The quantitative estimate of drug-likeness (QED) is 0.739. The molecule has 0 saturated carbocycles. The second-order valence-corrected chi connectivity index (χ2v) is 5.52. The SMILES string of the molecule is C[C@@H](c1cccnc1)n1cc(-c2cc(Cl)cs2)nn1. The van der Waals surface area contributed by atoms with E-state index in [1.165, 1.54) is 0 Å². The van der Waals surface area contributed by atoms with Gasteiger partial charge in [0.25, 0.3) is 0 Å². The van der Waals surface area contributed by atoms with Crippen LogP contribution in [-0.2, 0) is 0 Å². The Labute approximate surface area is 119 Å². The average molecular weight is 291 g/mol. The molecule has 3 heterocycles. The highest BCUT2D eigenvalue weighted by atomic mass is 35.5. The summed E-state index contributed by atoms with van der Waals surface area (Å²) in [5, 5.41) is 11.0. The fourth-order valence-electron chi connectivity index (χ4n) is 1.80. The standard InChI is InChI=1S/C13H11ClN4S/c1-9(10-3-2-4-15-6-10)18-7-12(16-17-18)13-5-11(14)8-19-13/h2-9H,1H3/t9-/m0/s1. The predicted octanol–water partition coefficient (Wildman–Crippen LogP) is 3.66. The molecule has 0 aromatic carbocycles. The third-order valence-corrected chi connectivity index (χ3v) is 4.19. The smallest absolute Gasteiger partial charge is 0.123 e. The molecule has 3 aromatic heterocycles. The molecule has 19 heavy (non-hydrogen) atoms. The van der Waals surface area contributed by atoms with Crippen LogP contribution in [0.25, 0.3) is 10.6 Å². The maximum absolute atomic E-state index is 5.92. The Morgan fingerprint density at radius 2 is 2.32 bits per heavy atom. The van der Waals surface area contributed by atoms with Gasteiger partial charge in [-0.25, -0.2) is 4.68 Å². The number of thiophene rings is 1. The minimum Gasteiger partial charge on any atom is -0.264 e. The third kappa shape index (κ3) is 2.52. The molecule has 1 atom stereocenters. The van der Waals surface area contributed by atoms with Gasteiger partial charge in [-0.2, -0.15) is 0 Å². The molecular weight excluding hydrogens is 280 g/mol. The van der Waals surface area contributed by atoms with Gasteiger partial charge in [-0.1, -0.05) is 22.9 Å². The topological polar surface area (TPSA) is 43.6 Å². The van der Waals surface area contributed by atoms with E-state index in [4.69, 9.17) is 11.6 Å². The fourth-order valence-corrected chi connectivity index (χ4v) is 2.83. The zero-order chi connectivity index (χ0) is 13.2. The molecule has 6 heteroatoms. The van der Waals surface area contributed by atoms with Gasteiger partial charge < -0.3 is 0 Å². The van der Waals surface area contributed by atoms with Crippen molar-refractivity contribution in [1.82, 2.24) is 20.0 Å². The van der Waals surface area contributed by atoms with Crippen molar-refractivity contribution in [2.24, 2.45) is 0 Å². The molecule has 0 saturated heterocycles. The van der Waals surface area contributed by atoms with Gasteiger partial charge in [-0.3, -0.25) is 4.98 Å². The summed E-state index contributed by atoms with van der Waals surface area (Å²) in [6.45, 7) is 2.07.